The van der Waals surface area contributed by atoms with Crippen molar-refractivity contribution in [2.75, 3.05) is 9.80 Å². The van der Waals surface area contributed by atoms with Crippen LogP contribution in [-0.4, -0.2) is 21.2 Å². The van der Waals surface area contributed by atoms with Gasteiger partial charge in [-0.25, -0.2) is 0 Å². The van der Waals surface area contributed by atoms with Crippen LogP contribution in [0.4, 0.5) is 34.1 Å². The summed E-state index contributed by atoms with van der Waals surface area (Å²) in [6, 6.07) is 99.1. The van der Waals surface area contributed by atoms with Crippen molar-refractivity contribution in [3.63, 3.8) is 0 Å². The Balaban J connectivity index is 1.13. The standard InChI is InChI=1S/C84H66BN5/c1-83(2,3)63-39-41-66-67-42-40-64(84(4,5)6)48-77(67)88(76(66)47-63)65-49-78-80-79(50-65)90(82-70(59-33-21-11-22-34-59)53-87-54-71(82)60-35-23-12-24-36-60)75-44-38-62(56-27-15-8-16-28-56)46-73(75)85(80)72-45-61(55-25-13-7-14-26-55)37-43-74(72)89(78)81-68(57-29-17-9-18-30-57)51-86-52-69(81)58-31-19-10-20-32-58/h7-54H,1-6H3. The van der Waals surface area contributed by atoms with Crippen LogP contribution >= 0.6 is 0 Å². The first kappa shape index (κ1) is 54.6. The highest BCUT2D eigenvalue weighted by Gasteiger charge is 2.46. The Kier molecular flexibility index (Phi) is 13.0. The highest BCUT2D eigenvalue weighted by Crippen LogP contribution is 2.54. The summed E-state index contributed by atoms with van der Waals surface area (Å²) in [5.41, 5.74) is 28.8. The number of anilines is 6. The fourth-order valence-corrected chi connectivity index (χ4v) is 14.2. The molecule has 430 valence electrons. The van der Waals surface area contributed by atoms with Gasteiger partial charge in [-0.2, -0.15) is 0 Å². The summed E-state index contributed by atoms with van der Waals surface area (Å²) in [6.45, 7) is 13.7. The maximum atomic E-state index is 5.15. The summed E-state index contributed by atoms with van der Waals surface area (Å²) >= 11 is 0. The molecular weight excluding hydrogens is 1090 g/mol. The molecule has 0 bridgehead atoms. The maximum absolute atomic E-state index is 5.15. The fraction of sp³-hybridized carbons (Fsp3) is 0.0952. The number of rotatable bonds is 9. The SMILES string of the molecule is CC(C)(C)c1ccc2c3ccc(C(C)(C)C)cc3n(-c3cc4c5c(c3)N(c3c(-c6ccccc6)cncc3-c3ccccc3)c3ccc(-c6ccccc6)cc3B5c3cc(-c5ccccc5)ccc3N4c3c(-c4ccccc4)cncc3-c3ccccc3)c2c1. The average Bonchev–Trinajstić information content (AvgIpc) is 0.762. The molecule has 2 aliphatic rings. The van der Waals surface area contributed by atoms with Crippen LogP contribution in [0, 0.1) is 0 Å². The van der Waals surface area contributed by atoms with Gasteiger partial charge in [0, 0.05) is 80.6 Å². The Hall–Kier alpha value is -10.8. The minimum absolute atomic E-state index is 0.120. The summed E-state index contributed by atoms with van der Waals surface area (Å²) in [6.07, 6.45) is 8.32. The van der Waals surface area contributed by atoms with Crippen molar-refractivity contribution < 1.29 is 0 Å². The lowest BCUT2D eigenvalue weighted by Crippen LogP contribution is -2.61. The van der Waals surface area contributed by atoms with Crippen molar-refractivity contribution in [2.24, 2.45) is 0 Å². The molecule has 0 spiro atoms. The van der Waals surface area contributed by atoms with Gasteiger partial charge in [-0.3, -0.25) is 9.97 Å². The Bertz CT molecular complexity index is 4640. The third-order valence-electron chi connectivity index (χ3n) is 18.6. The van der Waals surface area contributed by atoms with E-state index in [9.17, 15) is 0 Å². The van der Waals surface area contributed by atoms with Gasteiger partial charge in [-0.15, -0.1) is 0 Å². The first-order valence-electron chi connectivity index (χ1n) is 31.4. The Labute approximate surface area is 528 Å². The number of aromatic nitrogens is 3. The quantitative estimate of drug-likeness (QED) is 0.135. The van der Waals surface area contributed by atoms with Crippen LogP contribution in [-0.2, 0) is 10.8 Å². The molecule has 3 aromatic heterocycles. The maximum Gasteiger partial charge on any atom is 0.252 e. The van der Waals surface area contributed by atoms with E-state index in [1.54, 1.807) is 0 Å². The zero-order valence-electron chi connectivity index (χ0n) is 51.5. The van der Waals surface area contributed by atoms with Crippen LogP contribution in [0.3, 0.4) is 0 Å². The lowest BCUT2D eigenvalue weighted by atomic mass is 9.33. The minimum atomic E-state index is -0.253. The second kappa shape index (κ2) is 21.5. The van der Waals surface area contributed by atoms with E-state index in [-0.39, 0.29) is 17.5 Å². The summed E-state index contributed by atoms with van der Waals surface area (Å²) in [5.74, 6) is 0. The van der Waals surface area contributed by atoms with Crippen molar-refractivity contribution in [1.82, 2.24) is 14.5 Å². The van der Waals surface area contributed by atoms with Crippen molar-refractivity contribution in [3.8, 4) is 72.4 Å². The highest BCUT2D eigenvalue weighted by atomic mass is 15.2. The summed E-state index contributed by atoms with van der Waals surface area (Å²) in [7, 11) is 0. The first-order valence-corrected chi connectivity index (χ1v) is 31.4. The summed E-state index contributed by atoms with van der Waals surface area (Å²) in [4.78, 5) is 15.6. The molecule has 6 heteroatoms. The molecular formula is C84H66BN5. The average molecular weight is 1160 g/mol. The van der Waals surface area contributed by atoms with E-state index in [0.29, 0.717) is 0 Å². The van der Waals surface area contributed by atoms with Gasteiger partial charge >= 0.3 is 0 Å². The van der Waals surface area contributed by atoms with E-state index in [4.69, 9.17) is 9.97 Å². The predicted octanol–water partition coefficient (Wildman–Crippen LogP) is 20.3. The Morgan fingerprint density at radius 2 is 0.622 bits per heavy atom. The van der Waals surface area contributed by atoms with Gasteiger partial charge in [-0.1, -0.05) is 272 Å². The molecule has 90 heavy (non-hydrogen) atoms. The molecule has 0 aliphatic carbocycles. The van der Waals surface area contributed by atoms with Gasteiger partial charge in [0.25, 0.3) is 6.71 Å². The molecule has 0 fully saturated rings. The number of pyridine rings is 2. The van der Waals surface area contributed by atoms with Gasteiger partial charge in [-0.05, 0) is 119 Å². The van der Waals surface area contributed by atoms with Gasteiger partial charge in [0.05, 0.1) is 28.1 Å². The first-order chi connectivity index (χ1) is 43.9. The largest absolute Gasteiger partial charge is 0.310 e. The van der Waals surface area contributed by atoms with E-state index in [2.05, 4.69) is 348 Å². The van der Waals surface area contributed by atoms with E-state index in [0.717, 1.165) is 118 Å². The molecule has 0 saturated heterocycles. The highest BCUT2D eigenvalue weighted by molar-refractivity contribution is 7.00. The van der Waals surface area contributed by atoms with Gasteiger partial charge in [0.2, 0.25) is 0 Å². The molecule has 2 aliphatic heterocycles. The van der Waals surface area contributed by atoms with Crippen LogP contribution in [0.1, 0.15) is 52.7 Å². The molecule has 16 rings (SSSR count). The zero-order chi connectivity index (χ0) is 60.8. The van der Waals surface area contributed by atoms with Crippen LogP contribution in [0.2, 0.25) is 0 Å². The molecule has 5 nitrogen and oxygen atoms in total. The number of benzene rings is 11. The normalized spacial score (nSPS) is 12.7. The number of hydrogen-bond donors (Lipinski definition) is 0. The third-order valence-corrected chi connectivity index (χ3v) is 18.6. The fourth-order valence-electron chi connectivity index (χ4n) is 14.2. The van der Waals surface area contributed by atoms with Crippen LogP contribution in [0.15, 0.2) is 292 Å². The third kappa shape index (κ3) is 9.16. The molecule has 14 aromatic rings. The molecule has 0 N–H and O–H groups in total. The topological polar surface area (TPSA) is 37.2 Å². The summed E-state index contributed by atoms with van der Waals surface area (Å²) < 4.78 is 2.59. The van der Waals surface area contributed by atoms with E-state index in [1.807, 2.05) is 0 Å². The number of fused-ring (bicyclic) bond motifs is 7. The van der Waals surface area contributed by atoms with Crippen LogP contribution < -0.4 is 26.2 Å². The van der Waals surface area contributed by atoms with Crippen LogP contribution in [0.25, 0.3) is 94.3 Å². The monoisotopic (exact) mass is 1160 g/mol. The molecule has 0 amide bonds. The zero-order valence-corrected chi connectivity index (χ0v) is 51.5. The molecule has 0 radical (unpaired) electrons. The van der Waals surface area contributed by atoms with Crippen molar-refractivity contribution in [3.05, 3.63) is 303 Å². The molecule has 0 unspecified atom stereocenters. The second-order valence-electron chi connectivity index (χ2n) is 26.2. The van der Waals surface area contributed by atoms with E-state index >= 15 is 0 Å². The lowest BCUT2D eigenvalue weighted by Gasteiger charge is -2.46. The Morgan fingerprint density at radius 3 is 0.944 bits per heavy atom. The second-order valence-corrected chi connectivity index (χ2v) is 26.2. The Morgan fingerprint density at radius 1 is 0.300 bits per heavy atom. The molecule has 0 atom stereocenters. The lowest BCUT2D eigenvalue weighted by molar-refractivity contribution is 0.591. The molecule has 0 saturated carbocycles. The van der Waals surface area contributed by atoms with Gasteiger partial charge in [0.15, 0.2) is 0 Å². The van der Waals surface area contributed by atoms with Gasteiger partial charge < -0.3 is 14.4 Å². The molecule has 5 heterocycles. The predicted molar refractivity (Wildman–Crippen MR) is 380 cm³/mol. The summed E-state index contributed by atoms with van der Waals surface area (Å²) in [5, 5.41) is 2.43. The van der Waals surface area contributed by atoms with Crippen molar-refractivity contribution >= 4 is 79.0 Å². The smallest absolute Gasteiger partial charge is 0.252 e. The number of hydrogen-bond acceptors (Lipinski definition) is 4. The molecule has 11 aromatic carbocycles. The van der Waals surface area contributed by atoms with Crippen molar-refractivity contribution in [1.29, 1.82) is 0 Å². The minimum Gasteiger partial charge on any atom is -0.310 e. The van der Waals surface area contributed by atoms with E-state index < -0.39 is 0 Å². The van der Waals surface area contributed by atoms with E-state index in [1.165, 1.54) is 38.3 Å². The van der Waals surface area contributed by atoms with Gasteiger partial charge in [0.1, 0.15) is 0 Å². The van der Waals surface area contributed by atoms with Crippen molar-refractivity contribution in [2.45, 2.75) is 52.4 Å². The number of nitrogens with zero attached hydrogens (tertiary/aromatic N) is 5. The van der Waals surface area contributed by atoms with Crippen LogP contribution in [0.5, 0.6) is 0 Å².